The van der Waals surface area contributed by atoms with Crippen LogP contribution in [-0.4, -0.2) is 15.1 Å². The van der Waals surface area contributed by atoms with Gasteiger partial charge in [0.25, 0.3) is 0 Å². The van der Waals surface area contributed by atoms with Crippen LogP contribution in [0.5, 0.6) is 0 Å². The molecule has 0 saturated carbocycles. The molecule has 0 aliphatic rings. The molecular weight excluding hydrogens is 308 g/mol. The first-order valence-electron chi connectivity index (χ1n) is 7.26. The van der Waals surface area contributed by atoms with Crippen LogP contribution in [0.1, 0.15) is 10.4 Å². The molecule has 5 nitrogen and oxygen atoms in total. The molecule has 0 fully saturated rings. The van der Waals surface area contributed by atoms with Crippen molar-refractivity contribution >= 4 is 27.4 Å². The Morgan fingerprint density at radius 1 is 1.13 bits per heavy atom. The third-order valence-electron chi connectivity index (χ3n) is 3.48. The zero-order valence-electron chi connectivity index (χ0n) is 12.5. The number of fused-ring (bicyclic) bond motifs is 1. The van der Waals surface area contributed by atoms with Crippen molar-refractivity contribution in [2.24, 2.45) is 0 Å². The lowest BCUT2D eigenvalue weighted by Crippen LogP contribution is -2.03. The van der Waals surface area contributed by atoms with Gasteiger partial charge in [-0.05, 0) is 18.6 Å². The van der Waals surface area contributed by atoms with Gasteiger partial charge in [0.05, 0.1) is 11.6 Å². The summed E-state index contributed by atoms with van der Waals surface area (Å²) in [5, 5.41) is 8.18. The molecular formula is C17H14N4OS. The number of aromatic nitrogens is 3. The molecule has 0 amide bonds. The quantitative estimate of drug-likeness (QED) is 0.608. The van der Waals surface area contributed by atoms with Crippen LogP contribution in [0.25, 0.3) is 21.8 Å². The topological polar surface area (TPSA) is 63.8 Å². The van der Waals surface area contributed by atoms with E-state index in [0.29, 0.717) is 18.1 Å². The van der Waals surface area contributed by atoms with Crippen molar-refractivity contribution in [3.63, 3.8) is 0 Å². The van der Waals surface area contributed by atoms with Gasteiger partial charge in [0.15, 0.2) is 0 Å². The van der Waals surface area contributed by atoms with E-state index in [2.05, 4.69) is 45.6 Å². The Balaban J connectivity index is 1.74. The Labute approximate surface area is 137 Å². The molecule has 4 aromatic rings. The van der Waals surface area contributed by atoms with Crippen molar-refractivity contribution in [3.8, 4) is 11.6 Å². The van der Waals surface area contributed by atoms with Crippen LogP contribution in [0.3, 0.4) is 0 Å². The fourth-order valence-corrected chi connectivity index (χ4v) is 3.28. The van der Waals surface area contributed by atoms with E-state index in [1.807, 2.05) is 18.2 Å². The minimum Gasteiger partial charge on any atom is -0.365 e. The fourth-order valence-electron chi connectivity index (χ4n) is 2.40. The number of aryl methyl sites for hydroxylation is 1. The molecule has 3 heterocycles. The normalized spacial score (nSPS) is 11.0. The molecule has 0 aliphatic heterocycles. The summed E-state index contributed by atoms with van der Waals surface area (Å²) < 4.78 is 5.19. The van der Waals surface area contributed by atoms with Crippen molar-refractivity contribution in [1.29, 1.82) is 0 Å². The van der Waals surface area contributed by atoms with E-state index in [4.69, 9.17) is 4.52 Å². The molecule has 0 unspecified atom stereocenters. The third kappa shape index (κ3) is 2.80. The van der Waals surface area contributed by atoms with E-state index in [1.54, 1.807) is 23.6 Å². The summed E-state index contributed by atoms with van der Waals surface area (Å²) in [5.41, 5.74) is 1.20. The van der Waals surface area contributed by atoms with E-state index >= 15 is 0 Å². The average Bonchev–Trinajstić information content (AvgIpc) is 3.21. The van der Waals surface area contributed by atoms with Gasteiger partial charge in [-0.1, -0.05) is 35.5 Å². The second-order valence-electron chi connectivity index (χ2n) is 5.19. The summed E-state index contributed by atoms with van der Waals surface area (Å²) in [6, 6.07) is 14.1. The predicted molar refractivity (Wildman–Crippen MR) is 91.4 cm³/mol. The average molecular weight is 322 g/mol. The van der Waals surface area contributed by atoms with Crippen molar-refractivity contribution in [3.05, 3.63) is 59.1 Å². The predicted octanol–water partition coefficient (Wildman–Crippen LogP) is 4.27. The molecule has 3 aromatic heterocycles. The van der Waals surface area contributed by atoms with Crippen molar-refractivity contribution in [1.82, 2.24) is 15.1 Å². The first-order chi connectivity index (χ1) is 11.3. The van der Waals surface area contributed by atoms with Crippen LogP contribution in [0.4, 0.5) is 5.82 Å². The number of hydrogen-bond acceptors (Lipinski definition) is 6. The molecule has 1 N–H and O–H groups in total. The van der Waals surface area contributed by atoms with E-state index in [9.17, 15) is 0 Å². The molecule has 1 aromatic carbocycles. The van der Waals surface area contributed by atoms with Gasteiger partial charge in [-0.15, -0.1) is 11.3 Å². The SMILES string of the molecule is Cc1cc2c(NCc3ccccc3)nc(-c3ccno3)nc2s1. The highest BCUT2D eigenvalue weighted by atomic mass is 32.1. The van der Waals surface area contributed by atoms with Gasteiger partial charge in [-0.2, -0.15) is 0 Å². The van der Waals surface area contributed by atoms with Crippen LogP contribution in [0.15, 0.2) is 53.2 Å². The number of anilines is 1. The molecule has 23 heavy (non-hydrogen) atoms. The molecule has 0 radical (unpaired) electrons. The second-order valence-corrected chi connectivity index (χ2v) is 6.42. The largest absolute Gasteiger partial charge is 0.365 e. The number of thiophene rings is 1. The van der Waals surface area contributed by atoms with Crippen LogP contribution in [0, 0.1) is 6.92 Å². The Morgan fingerprint density at radius 2 is 2.00 bits per heavy atom. The monoisotopic (exact) mass is 322 g/mol. The van der Waals surface area contributed by atoms with Crippen molar-refractivity contribution in [2.75, 3.05) is 5.32 Å². The highest BCUT2D eigenvalue weighted by Gasteiger charge is 2.13. The number of nitrogens with zero attached hydrogens (tertiary/aromatic N) is 3. The first kappa shape index (κ1) is 13.9. The summed E-state index contributed by atoms with van der Waals surface area (Å²) in [6.07, 6.45) is 1.60. The zero-order chi connectivity index (χ0) is 15.6. The van der Waals surface area contributed by atoms with E-state index in [-0.39, 0.29) is 0 Å². The number of benzene rings is 1. The Kier molecular flexibility index (Phi) is 3.51. The van der Waals surface area contributed by atoms with Gasteiger partial charge in [0.1, 0.15) is 10.6 Å². The summed E-state index contributed by atoms with van der Waals surface area (Å²) in [5.74, 6) is 1.93. The molecule has 0 atom stereocenters. The number of nitrogens with one attached hydrogen (secondary N) is 1. The van der Waals surface area contributed by atoms with Crippen molar-refractivity contribution < 1.29 is 4.52 Å². The zero-order valence-corrected chi connectivity index (χ0v) is 13.3. The molecule has 0 aliphatic carbocycles. The molecule has 0 bridgehead atoms. The van der Waals surface area contributed by atoms with E-state index in [1.165, 1.54) is 10.4 Å². The van der Waals surface area contributed by atoms with Crippen molar-refractivity contribution in [2.45, 2.75) is 13.5 Å². The lowest BCUT2D eigenvalue weighted by Gasteiger charge is -2.08. The standard InChI is InChI=1S/C17H14N4OS/c1-11-9-13-15(18-10-12-5-3-2-4-6-12)20-16(21-17(13)23-11)14-7-8-19-22-14/h2-9H,10H2,1H3,(H,18,20,21). The Bertz CT molecular complexity index is 932. The number of rotatable bonds is 4. The molecule has 6 heteroatoms. The molecule has 114 valence electrons. The number of hydrogen-bond donors (Lipinski definition) is 1. The summed E-state index contributed by atoms with van der Waals surface area (Å²) >= 11 is 1.65. The van der Waals surface area contributed by atoms with Crippen LogP contribution < -0.4 is 5.32 Å². The van der Waals surface area contributed by atoms with Gasteiger partial charge in [-0.25, -0.2) is 9.97 Å². The Morgan fingerprint density at radius 3 is 2.78 bits per heavy atom. The lowest BCUT2D eigenvalue weighted by molar-refractivity contribution is 0.430. The van der Waals surface area contributed by atoms with Crippen LogP contribution >= 0.6 is 11.3 Å². The highest BCUT2D eigenvalue weighted by molar-refractivity contribution is 7.18. The van der Waals surface area contributed by atoms with E-state index in [0.717, 1.165) is 16.0 Å². The first-order valence-corrected chi connectivity index (χ1v) is 8.08. The maximum absolute atomic E-state index is 5.19. The Hall–Kier alpha value is -2.73. The van der Waals surface area contributed by atoms with E-state index < -0.39 is 0 Å². The summed E-state index contributed by atoms with van der Waals surface area (Å²) in [7, 11) is 0. The maximum atomic E-state index is 5.19. The summed E-state index contributed by atoms with van der Waals surface area (Å²) in [4.78, 5) is 11.4. The van der Waals surface area contributed by atoms with Gasteiger partial charge in [0.2, 0.25) is 11.6 Å². The summed E-state index contributed by atoms with van der Waals surface area (Å²) in [6.45, 7) is 2.78. The van der Waals surface area contributed by atoms with Gasteiger partial charge >= 0.3 is 0 Å². The van der Waals surface area contributed by atoms with Gasteiger partial charge < -0.3 is 9.84 Å². The van der Waals surface area contributed by atoms with Gasteiger partial charge in [0, 0.05) is 17.5 Å². The third-order valence-corrected chi connectivity index (χ3v) is 4.42. The lowest BCUT2D eigenvalue weighted by atomic mass is 10.2. The van der Waals surface area contributed by atoms with Crippen LogP contribution in [-0.2, 0) is 6.54 Å². The minimum atomic E-state index is 0.549. The minimum absolute atomic E-state index is 0.549. The maximum Gasteiger partial charge on any atom is 0.204 e. The van der Waals surface area contributed by atoms with Crippen LogP contribution in [0.2, 0.25) is 0 Å². The molecule has 0 saturated heterocycles. The smallest absolute Gasteiger partial charge is 0.204 e. The second kappa shape index (κ2) is 5.81. The van der Waals surface area contributed by atoms with Gasteiger partial charge in [-0.3, -0.25) is 0 Å². The highest BCUT2D eigenvalue weighted by Crippen LogP contribution is 2.31. The molecule has 0 spiro atoms. The molecule has 4 rings (SSSR count). The fraction of sp³-hybridized carbons (Fsp3) is 0.118.